The number of aromatic nitrogens is 2. The van der Waals surface area contributed by atoms with Crippen LogP contribution >= 0.6 is 0 Å². The van der Waals surface area contributed by atoms with Crippen molar-refractivity contribution in [1.82, 2.24) is 41.9 Å². The Kier molecular flexibility index (Phi) is 21.3. The second-order valence-corrected chi connectivity index (χ2v) is 13.8. The van der Waals surface area contributed by atoms with E-state index in [2.05, 4.69) is 41.5 Å². The highest BCUT2D eigenvalue weighted by Crippen LogP contribution is 2.09. The van der Waals surface area contributed by atoms with Crippen molar-refractivity contribution in [2.24, 2.45) is 28.1 Å². The molecule has 6 amide bonds. The fraction of sp³-hybridized carbons (Fsp3) is 0.636. The van der Waals surface area contributed by atoms with Gasteiger partial charge in [-0.15, -0.1) is 0 Å². The molecule has 0 aromatic carbocycles. The number of aliphatic hydroxyl groups is 3. The molecule has 1 aromatic heterocycles. The van der Waals surface area contributed by atoms with Gasteiger partial charge in [0.1, 0.15) is 30.2 Å². The Bertz CT molecular complexity index is 1580. The Labute approximate surface area is 332 Å². The number of amides is 6. The number of carboxylic acid groups (broad SMARTS) is 2. The molecular formula is C33H56N12O13. The van der Waals surface area contributed by atoms with Gasteiger partial charge in [-0.2, -0.15) is 0 Å². The van der Waals surface area contributed by atoms with Crippen molar-refractivity contribution in [2.45, 2.75) is 114 Å². The highest BCUT2D eigenvalue weighted by Gasteiger charge is 2.36. The number of imidazole rings is 1. The van der Waals surface area contributed by atoms with Crippen molar-refractivity contribution >= 4 is 53.3 Å². The number of carboxylic acids is 2. The summed E-state index contributed by atoms with van der Waals surface area (Å²) in [6.07, 6.45) is -1.59. The number of aliphatic hydroxyl groups excluding tert-OH is 3. The number of rotatable bonds is 26. The maximum atomic E-state index is 13.8. The van der Waals surface area contributed by atoms with Gasteiger partial charge in [0.15, 0.2) is 12.0 Å². The summed E-state index contributed by atoms with van der Waals surface area (Å²) in [5, 5.41) is 62.3. The number of H-pyrrole nitrogens is 1. The van der Waals surface area contributed by atoms with Crippen molar-refractivity contribution in [3.8, 4) is 0 Å². The van der Waals surface area contributed by atoms with E-state index in [1.54, 1.807) is 13.8 Å². The van der Waals surface area contributed by atoms with Gasteiger partial charge in [0.05, 0.1) is 37.6 Å². The second-order valence-electron chi connectivity index (χ2n) is 13.8. The summed E-state index contributed by atoms with van der Waals surface area (Å²) >= 11 is 0. The third-order valence-electron chi connectivity index (χ3n) is 8.19. The van der Waals surface area contributed by atoms with Crippen molar-refractivity contribution < 1.29 is 63.9 Å². The lowest BCUT2D eigenvalue weighted by molar-refractivity contribution is -0.146. The number of carbonyl (C=O) groups excluding carboxylic acids is 6. The highest BCUT2D eigenvalue weighted by molar-refractivity contribution is 5.98. The second kappa shape index (κ2) is 24.7. The third-order valence-corrected chi connectivity index (χ3v) is 8.19. The van der Waals surface area contributed by atoms with E-state index in [1.165, 1.54) is 12.5 Å². The first-order valence-corrected chi connectivity index (χ1v) is 18.1. The summed E-state index contributed by atoms with van der Waals surface area (Å²) in [7, 11) is 0. The summed E-state index contributed by atoms with van der Waals surface area (Å²) in [6, 6.07) is -11.3. The SMILES string of the molecule is CC(C)C[C@H](NC(=O)[C@H](Cc1cnc[nH]1)NC(=O)[C@H](CC(=O)O)NC(=O)[C@H](CO)NC(=O)[C@@H](N)CCCN=C(N)N)C(=O)N[C@H](C(=O)N[C@H](C(=O)O)[C@@H](C)O)[C@@H](C)O. The molecule has 1 aromatic rings. The molecule has 9 atom stereocenters. The van der Waals surface area contributed by atoms with Gasteiger partial charge in [-0.1, -0.05) is 13.8 Å². The van der Waals surface area contributed by atoms with E-state index in [1.807, 2.05) is 5.32 Å². The fourth-order valence-electron chi connectivity index (χ4n) is 5.14. The number of aromatic amines is 1. The highest BCUT2D eigenvalue weighted by atomic mass is 16.4. The van der Waals surface area contributed by atoms with Gasteiger partial charge in [0.2, 0.25) is 35.4 Å². The first-order chi connectivity index (χ1) is 27.1. The van der Waals surface area contributed by atoms with Crippen molar-refractivity contribution in [3.05, 3.63) is 18.2 Å². The largest absolute Gasteiger partial charge is 0.481 e. The molecule has 0 aliphatic carbocycles. The van der Waals surface area contributed by atoms with Crippen LogP contribution in [0.1, 0.15) is 59.1 Å². The molecule has 58 heavy (non-hydrogen) atoms. The van der Waals surface area contributed by atoms with Gasteiger partial charge in [0.25, 0.3) is 0 Å². The fourth-order valence-corrected chi connectivity index (χ4v) is 5.14. The van der Waals surface area contributed by atoms with E-state index >= 15 is 0 Å². The number of aliphatic imine (C=N–C) groups is 1. The molecule has 326 valence electrons. The van der Waals surface area contributed by atoms with Crippen molar-refractivity contribution in [3.63, 3.8) is 0 Å². The first-order valence-electron chi connectivity index (χ1n) is 18.1. The summed E-state index contributed by atoms with van der Waals surface area (Å²) in [5.41, 5.74) is 16.7. The molecule has 25 nitrogen and oxygen atoms in total. The van der Waals surface area contributed by atoms with Gasteiger partial charge in [-0.25, -0.2) is 9.78 Å². The average molecular weight is 829 g/mol. The topological polar surface area (TPSA) is 429 Å². The van der Waals surface area contributed by atoms with E-state index < -0.39 is 115 Å². The number of aliphatic carboxylic acids is 2. The number of carbonyl (C=O) groups is 8. The van der Waals surface area contributed by atoms with Crippen LogP contribution in [0.25, 0.3) is 0 Å². The lowest BCUT2D eigenvalue weighted by atomic mass is 10.0. The van der Waals surface area contributed by atoms with Gasteiger partial charge < -0.3 is 79.6 Å². The molecule has 0 saturated carbocycles. The first kappa shape index (κ1) is 50.1. The third kappa shape index (κ3) is 17.9. The van der Waals surface area contributed by atoms with E-state index in [9.17, 15) is 63.9 Å². The van der Waals surface area contributed by atoms with Gasteiger partial charge in [-0.05, 0) is 39.0 Å². The summed E-state index contributed by atoms with van der Waals surface area (Å²) in [5.74, 6) is -9.99. The van der Waals surface area contributed by atoms with E-state index in [0.29, 0.717) is 12.1 Å². The van der Waals surface area contributed by atoms with Crippen molar-refractivity contribution in [2.75, 3.05) is 13.2 Å². The Morgan fingerprint density at radius 3 is 1.76 bits per heavy atom. The predicted molar refractivity (Wildman–Crippen MR) is 202 cm³/mol. The van der Waals surface area contributed by atoms with Crippen LogP contribution in [-0.4, -0.2) is 156 Å². The number of guanidine groups is 1. The van der Waals surface area contributed by atoms with Gasteiger partial charge in [-0.3, -0.25) is 38.6 Å². The van der Waals surface area contributed by atoms with Crippen LogP contribution in [0.5, 0.6) is 0 Å². The zero-order valence-corrected chi connectivity index (χ0v) is 32.5. The summed E-state index contributed by atoms with van der Waals surface area (Å²) in [4.78, 5) is 113. The van der Waals surface area contributed by atoms with E-state index in [0.717, 1.165) is 13.8 Å². The van der Waals surface area contributed by atoms with Gasteiger partial charge >= 0.3 is 11.9 Å². The zero-order valence-electron chi connectivity index (χ0n) is 32.5. The molecule has 0 saturated heterocycles. The molecule has 0 spiro atoms. The standard InChI is InChI=1S/C33H56N12O13/c1-14(2)8-19(29(54)44-24(15(3)47)31(56)45-25(16(4)48)32(57)58)40-27(52)20(9-17-11-37-13-39-17)41-28(53)21(10-23(49)50)42-30(55)22(12-46)43-26(51)18(34)6-5-7-38-33(35)36/h11,13-16,18-22,24-25,46-48H,5-10,12,34H2,1-4H3,(H,37,39)(H,40,52)(H,41,53)(H,42,55)(H,43,51)(H,44,54)(H,45,56)(H,49,50)(H,57,58)(H4,35,36,38)/t15-,16-,18+,19+,20+,21+,22+,24+,25+/m1/s1. The predicted octanol–water partition coefficient (Wildman–Crippen LogP) is -6.40. The Balaban J connectivity index is 3.29. The molecule has 0 fully saturated rings. The smallest absolute Gasteiger partial charge is 0.328 e. The lowest BCUT2D eigenvalue weighted by Gasteiger charge is -2.28. The Hall–Kier alpha value is -5.92. The molecule has 25 heteroatoms. The summed E-state index contributed by atoms with van der Waals surface area (Å²) < 4.78 is 0. The number of hydrogen-bond donors (Lipinski definition) is 15. The molecule has 1 rings (SSSR count). The maximum absolute atomic E-state index is 13.8. The van der Waals surface area contributed by atoms with Crippen LogP contribution in [-0.2, 0) is 44.8 Å². The minimum atomic E-state index is -1.88. The molecule has 18 N–H and O–H groups in total. The minimum Gasteiger partial charge on any atom is -0.481 e. The van der Waals surface area contributed by atoms with Crippen LogP contribution < -0.4 is 49.1 Å². The molecular weight excluding hydrogens is 772 g/mol. The molecule has 0 aliphatic rings. The lowest BCUT2D eigenvalue weighted by Crippen LogP contribution is -2.62. The Morgan fingerprint density at radius 2 is 1.26 bits per heavy atom. The Morgan fingerprint density at radius 1 is 0.741 bits per heavy atom. The summed E-state index contributed by atoms with van der Waals surface area (Å²) in [6.45, 7) is 4.80. The zero-order chi connectivity index (χ0) is 44.3. The number of nitrogens with one attached hydrogen (secondary N) is 7. The number of nitrogens with two attached hydrogens (primary N) is 3. The van der Waals surface area contributed by atoms with E-state index in [-0.39, 0.29) is 37.7 Å². The van der Waals surface area contributed by atoms with Crippen LogP contribution in [0.2, 0.25) is 0 Å². The van der Waals surface area contributed by atoms with Crippen molar-refractivity contribution in [1.29, 1.82) is 0 Å². The molecule has 0 radical (unpaired) electrons. The maximum Gasteiger partial charge on any atom is 0.328 e. The molecule has 1 heterocycles. The average Bonchev–Trinajstić information content (AvgIpc) is 3.64. The number of hydrogen-bond acceptors (Lipinski definition) is 14. The molecule has 0 bridgehead atoms. The van der Waals surface area contributed by atoms with Crippen LogP contribution in [0.4, 0.5) is 0 Å². The van der Waals surface area contributed by atoms with Crippen LogP contribution in [0, 0.1) is 5.92 Å². The normalized spacial score (nSPS) is 15.7. The quantitative estimate of drug-likeness (QED) is 0.0234. The van der Waals surface area contributed by atoms with E-state index in [4.69, 9.17) is 17.2 Å². The van der Waals surface area contributed by atoms with Crippen LogP contribution in [0.15, 0.2) is 17.5 Å². The monoisotopic (exact) mass is 828 g/mol. The molecule has 0 unspecified atom stereocenters. The van der Waals surface area contributed by atoms with Gasteiger partial charge in [0, 0.05) is 24.9 Å². The van der Waals surface area contributed by atoms with Crippen LogP contribution in [0.3, 0.4) is 0 Å². The molecule has 0 aliphatic heterocycles. The minimum absolute atomic E-state index is 0.0617. The number of nitrogens with zero attached hydrogens (tertiary/aromatic N) is 2.